The summed E-state index contributed by atoms with van der Waals surface area (Å²) in [6, 6.07) is 24.4. The van der Waals surface area contributed by atoms with Gasteiger partial charge in [0, 0.05) is 38.9 Å². The van der Waals surface area contributed by atoms with Crippen LogP contribution in [0, 0.1) is 5.92 Å². The lowest BCUT2D eigenvalue weighted by Crippen LogP contribution is -2.39. The molecule has 0 aliphatic carbocycles. The van der Waals surface area contributed by atoms with Crippen molar-refractivity contribution in [2.45, 2.75) is 25.9 Å². The number of rotatable bonds is 6. The van der Waals surface area contributed by atoms with Crippen LogP contribution in [0.5, 0.6) is 0 Å². The van der Waals surface area contributed by atoms with E-state index in [0.29, 0.717) is 12.5 Å². The highest BCUT2D eigenvalue weighted by Gasteiger charge is 2.24. The zero-order chi connectivity index (χ0) is 21.5. The number of benzene rings is 2. The van der Waals surface area contributed by atoms with Crippen molar-refractivity contribution in [1.82, 2.24) is 14.8 Å². The molecule has 1 saturated heterocycles. The average molecular weight is 542 g/mol. The van der Waals surface area contributed by atoms with Crippen LogP contribution in [0.3, 0.4) is 0 Å². The van der Waals surface area contributed by atoms with Gasteiger partial charge >= 0.3 is 0 Å². The number of likely N-dealkylation sites (tertiary alicyclic amines) is 1. The Morgan fingerprint density at radius 3 is 2.41 bits per heavy atom. The van der Waals surface area contributed by atoms with Crippen molar-refractivity contribution in [3.05, 3.63) is 106 Å². The van der Waals surface area contributed by atoms with E-state index < -0.39 is 0 Å². The lowest BCUT2D eigenvalue weighted by molar-refractivity contribution is 0.460. The van der Waals surface area contributed by atoms with Crippen molar-refractivity contribution in [2.75, 3.05) is 20.1 Å². The van der Waals surface area contributed by atoms with Gasteiger partial charge in [0.1, 0.15) is 0 Å². The van der Waals surface area contributed by atoms with Crippen molar-refractivity contribution in [2.24, 2.45) is 10.9 Å². The number of aromatic nitrogens is 1. The van der Waals surface area contributed by atoms with Gasteiger partial charge in [-0.3, -0.25) is 9.79 Å². The summed E-state index contributed by atoms with van der Waals surface area (Å²) in [4.78, 5) is 18.8. The topological polar surface area (TPSA) is 49.6 Å². The van der Waals surface area contributed by atoms with Crippen molar-refractivity contribution < 1.29 is 0 Å². The predicted molar refractivity (Wildman–Crippen MR) is 142 cm³/mol. The maximum atomic E-state index is 11.9. The molecule has 4 rings (SSSR count). The van der Waals surface area contributed by atoms with Crippen LogP contribution in [0.2, 0.25) is 0 Å². The van der Waals surface area contributed by atoms with Gasteiger partial charge in [-0.1, -0.05) is 60.7 Å². The Kier molecular flexibility index (Phi) is 8.90. The van der Waals surface area contributed by atoms with Crippen LogP contribution >= 0.6 is 24.0 Å². The fourth-order valence-corrected chi connectivity index (χ4v) is 4.20. The number of hydrogen-bond acceptors (Lipinski definition) is 2. The fraction of sp³-hybridized carbons (Fsp3) is 0.308. The summed E-state index contributed by atoms with van der Waals surface area (Å²) in [5.74, 6) is 1.64. The molecule has 0 amide bonds. The number of hydrogen-bond donors (Lipinski definition) is 1. The van der Waals surface area contributed by atoms with E-state index in [1.807, 2.05) is 19.3 Å². The molecule has 6 heteroatoms. The molecule has 3 aromatic rings. The van der Waals surface area contributed by atoms with Crippen LogP contribution in [0.4, 0.5) is 0 Å². The van der Waals surface area contributed by atoms with Crippen molar-refractivity contribution in [1.29, 1.82) is 0 Å². The number of aliphatic imine (C=N–C) groups is 1. The minimum absolute atomic E-state index is 0. The molecule has 32 heavy (non-hydrogen) atoms. The first-order chi connectivity index (χ1) is 15.2. The molecular formula is C26H31IN4O. The first kappa shape index (κ1) is 24.0. The molecule has 1 atom stereocenters. The molecule has 0 bridgehead atoms. The van der Waals surface area contributed by atoms with Gasteiger partial charge in [-0.05, 0) is 41.5 Å². The lowest BCUT2D eigenvalue weighted by Gasteiger charge is -2.22. The van der Waals surface area contributed by atoms with Gasteiger partial charge in [0.05, 0.1) is 6.54 Å². The standard InChI is InChI=1S/C26H30N4O.HI/c1-27-26(30-16-14-24(20-30)17-21-7-3-2-4-8-21)28-18-22-10-12-23(13-11-22)19-29-15-6-5-9-25(29)31;/h2-13,15,24H,14,16-20H2,1H3,(H,27,28);1H. The number of guanidine groups is 1. The van der Waals surface area contributed by atoms with E-state index >= 15 is 0 Å². The third kappa shape index (κ3) is 6.45. The van der Waals surface area contributed by atoms with Crippen molar-refractivity contribution >= 4 is 29.9 Å². The Morgan fingerprint density at radius 1 is 0.969 bits per heavy atom. The third-order valence-electron chi connectivity index (χ3n) is 5.89. The molecule has 1 aromatic heterocycles. The molecule has 1 N–H and O–H groups in total. The average Bonchev–Trinajstić information content (AvgIpc) is 3.26. The van der Waals surface area contributed by atoms with Gasteiger partial charge in [0.2, 0.25) is 0 Å². The highest BCUT2D eigenvalue weighted by Crippen LogP contribution is 2.21. The number of halogens is 1. The second-order valence-electron chi connectivity index (χ2n) is 8.17. The second kappa shape index (κ2) is 11.9. The number of nitrogens with one attached hydrogen (secondary N) is 1. The summed E-state index contributed by atoms with van der Waals surface area (Å²) in [7, 11) is 1.85. The molecule has 1 aliphatic heterocycles. The normalized spacial score (nSPS) is 16.0. The van der Waals surface area contributed by atoms with Crippen LogP contribution in [0.15, 0.2) is 88.8 Å². The molecule has 5 nitrogen and oxygen atoms in total. The summed E-state index contributed by atoms with van der Waals surface area (Å²) in [6.45, 7) is 3.41. The van der Waals surface area contributed by atoms with Gasteiger partial charge in [0.25, 0.3) is 5.56 Å². The second-order valence-corrected chi connectivity index (χ2v) is 8.17. The molecule has 168 valence electrons. The Hall–Kier alpha value is -2.61. The van der Waals surface area contributed by atoms with Crippen LogP contribution in [0.25, 0.3) is 0 Å². The summed E-state index contributed by atoms with van der Waals surface area (Å²) < 4.78 is 1.72. The zero-order valence-electron chi connectivity index (χ0n) is 18.5. The summed E-state index contributed by atoms with van der Waals surface area (Å²) in [5.41, 5.74) is 3.75. The molecule has 1 aliphatic rings. The van der Waals surface area contributed by atoms with E-state index in [9.17, 15) is 4.79 Å². The van der Waals surface area contributed by atoms with E-state index in [-0.39, 0.29) is 29.5 Å². The monoisotopic (exact) mass is 542 g/mol. The first-order valence-electron chi connectivity index (χ1n) is 10.9. The van der Waals surface area contributed by atoms with E-state index in [2.05, 4.69) is 69.8 Å². The Morgan fingerprint density at radius 2 is 1.69 bits per heavy atom. The maximum absolute atomic E-state index is 11.9. The van der Waals surface area contributed by atoms with E-state index in [4.69, 9.17) is 0 Å². The SMILES string of the molecule is CN=C(NCc1ccc(Cn2ccccc2=O)cc1)N1CCC(Cc2ccccc2)C1.I. The van der Waals surface area contributed by atoms with E-state index in [0.717, 1.165) is 37.6 Å². The number of pyridine rings is 1. The van der Waals surface area contributed by atoms with Gasteiger partial charge in [-0.2, -0.15) is 0 Å². The van der Waals surface area contributed by atoms with Crippen LogP contribution < -0.4 is 10.9 Å². The zero-order valence-corrected chi connectivity index (χ0v) is 20.8. The Bertz CT molecular complexity index is 1060. The van der Waals surface area contributed by atoms with Crippen molar-refractivity contribution in [3.8, 4) is 0 Å². The third-order valence-corrected chi connectivity index (χ3v) is 5.89. The lowest BCUT2D eigenvalue weighted by atomic mass is 9.99. The van der Waals surface area contributed by atoms with Gasteiger partial charge in [-0.25, -0.2) is 0 Å². The Balaban J connectivity index is 0.00000289. The molecular weight excluding hydrogens is 511 g/mol. The smallest absolute Gasteiger partial charge is 0.250 e. The predicted octanol–water partition coefficient (Wildman–Crippen LogP) is 4.15. The molecule has 1 unspecified atom stereocenters. The van der Waals surface area contributed by atoms with Gasteiger partial charge in [0.15, 0.2) is 5.96 Å². The van der Waals surface area contributed by atoms with Crippen LogP contribution in [-0.4, -0.2) is 35.6 Å². The van der Waals surface area contributed by atoms with E-state index in [1.54, 1.807) is 16.7 Å². The summed E-state index contributed by atoms with van der Waals surface area (Å²) >= 11 is 0. The Labute approximate surface area is 207 Å². The number of nitrogens with zero attached hydrogens (tertiary/aromatic N) is 3. The molecule has 0 saturated carbocycles. The molecule has 0 radical (unpaired) electrons. The molecule has 0 spiro atoms. The highest BCUT2D eigenvalue weighted by molar-refractivity contribution is 14.0. The minimum Gasteiger partial charge on any atom is -0.352 e. The van der Waals surface area contributed by atoms with Gasteiger partial charge < -0.3 is 14.8 Å². The summed E-state index contributed by atoms with van der Waals surface area (Å²) in [5, 5.41) is 3.51. The summed E-state index contributed by atoms with van der Waals surface area (Å²) in [6.07, 6.45) is 4.15. The highest BCUT2D eigenvalue weighted by atomic mass is 127. The van der Waals surface area contributed by atoms with Crippen LogP contribution in [0.1, 0.15) is 23.1 Å². The fourth-order valence-electron chi connectivity index (χ4n) is 4.20. The maximum Gasteiger partial charge on any atom is 0.250 e. The molecule has 2 heterocycles. The molecule has 1 fully saturated rings. The minimum atomic E-state index is 0. The van der Waals surface area contributed by atoms with Crippen molar-refractivity contribution in [3.63, 3.8) is 0 Å². The van der Waals surface area contributed by atoms with Gasteiger partial charge in [-0.15, -0.1) is 24.0 Å². The largest absolute Gasteiger partial charge is 0.352 e. The quantitative estimate of drug-likeness (QED) is 0.289. The first-order valence-corrected chi connectivity index (χ1v) is 10.9. The molecule has 2 aromatic carbocycles. The van der Waals surface area contributed by atoms with E-state index in [1.165, 1.54) is 17.5 Å². The van der Waals surface area contributed by atoms with Crippen LogP contribution in [-0.2, 0) is 19.5 Å².